The lowest BCUT2D eigenvalue weighted by molar-refractivity contribution is -0.150. The molecule has 0 bridgehead atoms. The summed E-state index contributed by atoms with van der Waals surface area (Å²) in [5.74, 6) is -3.00. The molecule has 10 nitrogen and oxygen atoms in total. The third kappa shape index (κ3) is 4.89. The number of aliphatic carboxylic acids is 1. The molecule has 3 unspecified atom stereocenters. The van der Waals surface area contributed by atoms with E-state index in [0.717, 1.165) is 4.90 Å². The summed E-state index contributed by atoms with van der Waals surface area (Å²) in [6.07, 6.45) is 0.869. The van der Waals surface area contributed by atoms with Gasteiger partial charge in [-0.1, -0.05) is 0 Å². The number of likely N-dealkylation sites (tertiary alicyclic amines) is 1. The highest BCUT2D eigenvalue weighted by Gasteiger charge is 2.37. The Hall–Kier alpha value is -2.20. The molecule has 130 valence electrons. The van der Waals surface area contributed by atoms with Crippen LogP contribution in [-0.4, -0.2) is 76.6 Å². The molecule has 1 aliphatic heterocycles. The first kappa shape index (κ1) is 18.8. The van der Waals surface area contributed by atoms with Crippen LogP contribution in [0.4, 0.5) is 0 Å². The minimum absolute atomic E-state index is 0.252. The Kier molecular flexibility index (Phi) is 6.91. The highest BCUT2D eigenvalue weighted by atomic mass is 16.4. The maximum atomic E-state index is 12.3. The molecular weight excluding hydrogens is 308 g/mol. The molecule has 0 aromatic carbocycles. The molecule has 23 heavy (non-hydrogen) atoms. The number of nitrogens with two attached hydrogens (primary N) is 1. The molecular formula is C13H22N4O6. The van der Waals surface area contributed by atoms with E-state index in [-0.39, 0.29) is 13.1 Å². The van der Waals surface area contributed by atoms with Crippen LogP contribution in [0.15, 0.2) is 0 Å². The zero-order valence-corrected chi connectivity index (χ0v) is 12.8. The van der Waals surface area contributed by atoms with Gasteiger partial charge in [0.1, 0.15) is 18.1 Å². The zero-order chi connectivity index (χ0) is 17.6. The fraction of sp³-hybridized carbons (Fsp3) is 0.692. The van der Waals surface area contributed by atoms with E-state index in [1.807, 2.05) is 0 Å². The Morgan fingerprint density at radius 2 is 1.96 bits per heavy atom. The summed E-state index contributed by atoms with van der Waals surface area (Å²) in [6.45, 7) is 0.693. The average Bonchev–Trinajstić information content (AvgIpc) is 3.01. The Balaban J connectivity index is 2.68. The van der Waals surface area contributed by atoms with Gasteiger partial charge in [-0.2, -0.15) is 0 Å². The van der Waals surface area contributed by atoms with Crippen molar-refractivity contribution in [2.24, 2.45) is 5.73 Å². The number of carbonyl (C=O) groups is 4. The molecule has 10 heteroatoms. The number of amides is 3. The van der Waals surface area contributed by atoms with Crippen LogP contribution in [0.3, 0.4) is 0 Å². The van der Waals surface area contributed by atoms with Crippen LogP contribution in [0, 0.1) is 0 Å². The number of hydrogen-bond acceptors (Lipinski definition) is 6. The lowest BCUT2D eigenvalue weighted by Crippen LogP contribution is -2.56. The van der Waals surface area contributed by atoms with Gasteiger partial charge in [0, 0.05) is 6.54 Å². The number of nitrogens with one attached hydrogen (secondary N) is 2. The molecule has 0 spiro atoms. The molecule has 3 amide bonds. The predicted molar refractivity (Wildman–Crippen MR) is 78.0 cm³/mol. The maximum absolute atomic E-state index is 12.3. The van der Waals surface area contributed by atoms with Gasteiger partial charge in [0.05, 0.1) is 13.2 Å². The number of aliphatic hydroxyl groups is 1. The SMILES string of the molecule is CC(NC(=O)CN)C(=O)NC(CO)C(=O)N1CCCC1C(=O)O. The van der Waals surface area contributed by atoms with E-state index in [0.29, 0.717) is 12.8 Å². The van der Waals surface area contributed by atoms with Crippen molar-refractivity contribution in [3.8, 4) is 0 Å². The maximum Gasteiger partial charge on any atom is 0.326 e. The van der Waals surface area contributed by atoms with E-state index in [1.54, 1.807) is 0 Å². The third-order valence-electron chi connectivity index (χ3n) is 3.57. The summed E-state index contributed by atoms with van der Waals surface area (Å²) in [7, 11) is 0. The minimum Gasteiger partial charge on any atom is -0.480 e. The number of rotatable bonds is 7. The molecule has 0 radical (unpaired) electrons. The molecule has 0 saturated carbocycles. The fourth-order valence-corrected chi connectivity index (χ4v) is 2.34. The van der Waals surface area contributed by atoms with Gasteiger partial charge in [-0.25, -0.2) is 4.79 Å². The Morgan fingerprint density at radius 3 is 2.48 bits per heavy atom. The van der Waals surface area contributed by atoms with Crippen LogP contribution in [0.1, 0.15) is 19.8 Å². The molecule has 1 aliphatic rings. The second-order valence-corrected chi connectivity index (χ2v) is 5.26. The van der Waals surface area contributed by atoms with Crippen LogP contribution in [0.2, 0.25) is 0 Å². The molecule has 6 N–H and O–H groups in total. The fourth-order valence-electron chi connectivity index (χ4n) is 2.34. The van der Waals surface area contributed by atoms with E-state index in [4.69, 9.17) is 10.8 Å². The van der Waals surface area contributed by atoms with Crippen LogP contribution < -0.4 is 16.4 Å². The van der Waals surface area contributed by atoms with E-state index < -0.39 is 48.4 Å². The second-order valence-electron chi connectivity index (χ2n) is 5.26. The van der Waals surface area contributed by atoms with Crippen LogP contribution in [0.5, 0.6) is 0 Å². The van der Waals surface area contributed by atoms with E-state index in [1.165, 1.54) is 6.92 Å². The van der Waals surface area contributed by atoms with Crippen molar-refractivity contribution >= 4 is 23.7 Å². The highest BCUT2D eigenvalue weighted by Crippen LogP contribution is 2.18. The zero-order valence-electron chi connectivity index (χ0n) is 12.8. The second kappa shape index (κ2) is 8.44. The molecule has 0 aliphatic carbocycles. The van der Waals surface area contributed by atoms with Gasteiger partial charge in [-0.3, -0.25) is 14.4 Å². The van der Waals surface area contributed by atoms with Crippen molar-refractivity contribution < 1.29 is 29.4 Å². The summed E-state index contributed by atoms with van der Waals surface area (Å²) >= 11 is 0. The number of aliphatic hydroxyl groups excluding tert-OH is 1. The van der Waals surface area contributed by atoms with Crippen molar-refractivity contribution in [3.05, 3.63) is 0 Å². The van der Waals surface area contributed by atoms with Gasteiger partial charge in [-0.05, 0) is 19.8 Å². The summed E-state index contributed by atoms with van der Waals surface area (Å²) in [6, 6.07) is -3.16. The number of nitrogens with zero attached hydrogens (tertiary/aromatic N) is 1. The molecule has 0 aromatic heterocycles. The molecule has 0 aromatic rings. The standard InChI is InChI=1S/C13H22N4O6/c1-7(15-10(19)5-14)11(20)16-8(6-18)12(21)17-4-2-3-9(17)13(22)23/h7-9,18H,2-6,14H2,1H3,(H,15,19)(H,16,20)(H,22,23). The lowest BCUT2D eigenvalue weighted by Gasteiger charge is -2.27. The quantitative estimate of drug-likeness (QED) is 0.332. The largest absolute Gasteiger partial charge is 0.480 e. The summed E-state index contributed by atoms with van der Waals surface area (Å²) in [5.41, 5.74) is 5.12. The molecule has 1 heterocycles. The molecule has 1 fully saturated rings. The van der Waals surface area contributed by atoms with Crippen molar-refractivity contribution in [2.45, 2.75) is 37.9 Å². The van der Waals surface area contributed by atoms with Crippen LogP contribution in [0.25, 0.3) is 0 Å². The predicted octanol–water partition coefficient (Wildman–Crippen LogP) is -3.00. The normalized spacial score (nSPS) is 19.8. The van der Waals surface area contributed by atoms with Gasteiger partial charge >= 0.3 is 5.97 Å². The summed E-state index contributed by atoms with van der Waals surface area (Å²) < 4.78 is 0. The van der Waals surface area contributed by atoms with Crippen molar-refractivity contribution in [3.63, 3.8) is 0 Å². The van der Waals surface area contributed by atoms with Gasteiger partial charge in [0.25, 0.3) is 0 Å². The topological polar surface area (TPSA) is 162 Å². The first-order valence-corrected chi connectivity index (χ1v) is 7.25. The van der Waals surface area contributed by atoms with Gasteiger partial charge in [0.15, 0.2) is 0 Å². The number of carbonyl (C=O) groups excluding carboxylic acids is 3. The summed E-state index contributed by atoms with van der Waals surface area (Å²) in [5, 5.41) is 23.0. The molecule has 1 saturated heterocycles. The first-order chi connectivity index (χ1) is 10.8. The third-order valence-corrected chi connectivity index (χ3v) is 3.57. The Morgan fingerprint density at radius 1 is 1.30 bits per heavy atom. The number of carboxylic acid groups (broad SMARTS) is 1. The van der Waals surface area contributed by atoms with E-state index in [2.05, 4.69) is 10.6 Å². The smallest absolute Gasteiger partial charge is 0.326 e. The van der Waals surface area contributed by atoms with Gasteiger partial charge in [0.2, 0.25) is 17.7 Å². The summed E-state index contributed by atoms with van der Waals surface area (Å²) in [4.78, 5) is 47.6. The molecule has 3 atom stereocenters. The monoisotopic (exact) mass is 330 g/mol. The van der Waals surface area contributed by atoms with E-state index in [9.17, 15) is 24.3 Å². The Labute approximate surface area is 133 Å². The van der Waals surface area contributed by atoms with Gasteiger partial charge < -0.3 is 31.5 Å². The van der Waals surface area contributed by atoms with Crippen LogP contribution >= 0.6 is 0 Å². The average molecular weight is 330 g/mol. The first-order valence-electron chi connectivity index (χ1n) is 7.25. The highest BCUT2D eigenvalue weighted by molar-refractivity contribution is 5.93. The molecule has 1 rings (SSSR count). The van der Waals surface area contributed by atoms with Crippen molar-refractivity contribution in [1.29, 1.82) is 0 Å². The number of carboxylic acids is 1. The van der Waals surface area contributed by atoms with Crippen molar-refractivity contribution in [2.75, 3.05) is 19.7 Å². The minimum atomic E-state index is -1.26. The number of hydrogen-bond donors (Lipinski definition) is 5. The van der Waals surface area contributed by atoms with Crippen LogP contribution in [-0.2, 0) is 19.2 Å². The van der Waals surface area contributed by atoms with Gasteiger partial charge in [-0.15, -0.1) is 0 Å². The Bertz CT molecular complexity index is 483. The van der Waals surface area contributed by atoms with E-state index >= 15 is 0 Å². The van der Waals surface area contributed by atoms with Crippen molar-refractivity contribution in [1.82, 2.24) is 15.5 Å². The lowest BCUT2D eigenvalue weighted by atomic mass is 10.2.